The van der Waals surface area contributed by atoms with E-state index < -0.39 is 0 Å². The Balaban J connectivity index is 1.65. The van der Waals surface area contributed by atoms with Crippen LogP contribution in [0.25, 0.3) is 0 Å². The Kier molecular flexibility index (Phi) is 8.11. The third-order valence-corrected chi connectivity index (χ3v) is 4.88. The molecule has 1 amide bonds. The zero-order valence-corrected chi connectivity index (χ0v) is 17.1. The topological polar surface area (TPSA) is 35.6 Å². The lowest BCUT2D eigenvalue weighted by Crippen LogP contribution is -2.40. The molecule has 2 rings (SSSR count). The first kappa shape index (κ1) is 20.9. The van der Waals surface area contributed by atoms with E-state index in [0.29, 0.717) is 12.5 Å². The standard InChI is InChI=1S/C22H37N3O/c1-22(2,3)18-24(4)17-21(26)23-13-12-20-11-8-14-25(16-20)15-19-9-6-5-7-10-19/h5-7,9-10,20H,8,11-18H2,1-4H3,(H,23,26). The highest BCUT2D eigenvalue weighted by atomic mass is 16.2. The van der Waals surface area contributed by atoms with Crippen LogP contribution >= 0.6 is 0 Å². The Morgan fingerprint density at radius 1 is 1.27 bits per heavy atom. The van der Waals surface area contributed by atoms with Crippen molar-refractivity contribution >= 4 is 5.91 Å². The molecule has 1 aromatic rings. The highest BCUT2D eigenvalue weighted by Crippen LogP contribution is 2.21. The van der Waals surface area contributed by atoms with Gasteiger partial charge in [-0.05, 0) is 49.8 Å². The fourth-order valence-corrected chi connectivity index (χ4v) is 3.95. The van der Waals surface area contributed by atoms with E-state index in [1.54, 1.807) is 0 Å². The highest BCUT2D eigenvalue weighted by molar-refractivity contribution is 5.77. The van der Waals surface area contributed by atoms with Crippen LogP contribution in [0.5, 0.6) is 0 Å². The summed E-state index contributed by atoms with van der Waals surface area (Å²) < 4.78 is 0. The number of piperidine rings is 1. The lowest BCUT2D eigenvalue weighted by molar-refractivity contribution is -0.122. The SMILES string of the molecule is CN(CC(=O)NCCC1CCCN(Cc2ccccc2)C1)CC(C)(C)C. The van der Waals surface area contributed by atoms with Crippen LogP contribution in [-0.4, -0.2) is 55.5 Å². The first-order valence-corrected chi connectivity index (χ1v) is 10.0. The van der Waals surface area contributed by atoms with Crippen molar-refractivity contribution in [2.75, 3.05) is 39.8 Å². The number of likely N-dealkylation sites (N-methyl/N-ethyl adjacent to an activating group) is 1. The third-order valence-electron chi connectivity index (χ3n) is 4.88. The molecule has 4 heteroatoms. The van der Waals surface area contributed by atoms with Crippen LogP contribution < -0.4 is 5.32 Å². The third kappa shape index (κ3) is 8.33. The number of nitrogens with zero attached hydrogens (tertiary/aromatic N) is 2. The van der Waals surface area contributed by atoms with E-state index in [9.17, 15) is 4.79 Å². The van der Waals surface area contributed by atoms with Gasteiger partial charge in [0.2, 0.25) is 5.91 Å². The van der Waals surface area contributed by atoms with Gasteiger partial charge in [-0.15, -0.1) is 0 Å². The van der Waals surface area contributed by atoms with E-state index in [1.165, 1.54) is 24.9 Å². The molecule has 0 radical (unpaired) electrons. The summed E-state index contributed by atoms with van der Waals surface area (Å²) in [5, 5.41) is 3.11. The van der Waals surface area contributed by atoms with Gasteiger partial charge in [-0.3, -0.25) is 14.6 Å². The van der Waals surface area contributed by atoms with Gasteiger partial charge >= 0.3 is 0 Å². The first-order valence-electron chi connectivity index (χ1n) is 10.0. The quantitative estimate of drug-likeness (QED) is 0.773. The zero-order chi connectivity index (χ0) is 19.0. The van der Waals surface area contributed by atoms with Crippen molar-refractivity contribution in [2.24, 2.45) is 11.3 Å². The van der Waals surface area contributed by atoms with Crippen molar-refractivity contribution in [1.82, 2.24) is 15.1 Å². The van der Waals surface area contributed by atoms with Crippen LogP contribution in [0.4, 0.5) is 0 Å². The number of hydrogen-bond acceptors (Lipinski definition) is 3. The molecule has 26 heavy (non-hydrogen) atoms. The lowest BCUT2D eigenvalue weighted by Gasteiger charge is -2.33. The smallest absolute Gasteiger partial charge is 0.234 e. The maximum atomic E-state index is 12.1. The number of likely N-dealkylation sites (tertiary alicyclic amines) is 1. The summed E-state index contributed by atoms with van der Waals surface area (Å²) >= 11 is 0. The predicted molar refractivity (Wildman–Crippen MR) is 109 cm³/mol. The zero-order valence-electron chi connectivity index (χ0n) is 17.1. The normalized spacial score (nSPS) is 18.9. The van der Waals surface area contributed by atoms with Crippen molar-refractivity contribution < 1.29 is 4.79 Å². The molecule has 1 aliphatic rings. The summed E-state index contributed by atoms with van der Waals surface area (Å²) in [6.07, 6.45) is 3.63. The fraction of sp³-hybridized carbons (Fsp3) is 0.682. The first-order chi connectivity index (χ1) is 12.3. The van der Waals surface area contributed by atoms with Crippen molar-refractivity contribution in [3.8, 4) is 0 Å². The van der Waals surface area contributed by atoms with Gasteiger partial charge in [0, 0.05) is 26.2 Å². The van der Waals surface area contributed by atoms with E-state index in [2.05, 4.69) is 66.2 Å². The second kappa shape index (κ2) is 10.1. The fourth-order valence-electron chi connectivity index (χ4n) is 3.95. The molecule has 0 aromatic heterocycles. The van der Waals surface area contributed by atoms with E-state index >= 15 is 0 Å². The Morgan fingerprint density at radius 3 is 2.69 bits per heavy atom. The Morgan fingerprint density at radius 2 is 2.00 bits per heavy atom. The van der Waals surface area contributed by atoms with E-state index in [0.717, 1.165) is 32.6 Å². The molecular formula is C22H37N3O. The summed E-state index contributed by atoms with van der Waals surface area (Å²) in [4.78, 5) is 16.8. The van der Waals surface area contributed by atoms with Crippen LogP contribution in [0.1, 0.15) is 45.6 Å². The maximum Gasteiger partial charge on any atom is 0.234 e. The van der Waals surface area contributed by atoms with Crippen LogP contribution in [0.15, 0.2) is 30.3 Å². The largest absolute Gasteiger partial charge is 0.355 e. The van der Waals surface area contributed by atoms with Crippen LogP contribution in [0, 0.1) is 11.3 Å². The Hall–Kier alpha value is -1.39. The number of carbonyl (C=O) groups excluding carboxylic acids is 1. The maximum absolute atomic E-state index is 12.1. The van der Waals surface area contributed by atoms with Crippen LogP contribution in [0.3, 0.4) is 0 Å². The summed E-state index contributed by atoms with van der Waals surface area (Å²) in [7, 11) is 2.02. The monoisotopic (exact) mass is 359 g/mol. The Bertz CT molecular complexity index is 538. The van der Waals surface area contributed by atoms with Gasteiger partial charge < -0.3 is 5.32 Å². The summed E-state index contributed by atoms with van der Waals surface area (Å²) in [6.45, 7) is 12.2. The number of benzene rings is 1. The predicted octanol–water partition coefficient (Wildman–Crippen LogP) is 3.38. The van der Waals surface area contributed by atoms with Gasteiger partial charge in [-0.2, -0.15) is 0 Å². The van der Waals surface area contributed by atoms with Gasteiger partial charge in [-0.25, -0.2) is 0 Å². The Labute approximate surface area is 159 Å². The molecule has 0 saturated carbocycles. The molecular weight excluding hydrogens is 322 g/mol. The summed E-state index contributed by atoms with van der Waals surface area (Å²) in [6, 6.07) is 10.7. The van der Waals surface area contributed by atoms with Gasteiger partial charge in [0.05, 0.1) is 6.54 Å². The molecule has 0 aliphatic carbocycles. The van der Waals surface area contributed by atoms with Crippen molar-refractivity contribution in [3.63, 3.8) is 0 Å². The molecule has 1 atom stereocenters. The molecule has 1 fully saturated rings. The minimum absolute atomic E-state index is 0.147. The number of carbonyl (C=O) groups is 1. The highest BCUT2D eigenvalue weighted by Gasteiger charge is 2.20. The molecule has 1 unspecified atom stereocenters. The van der Waals surface area contributed by atoms with Gasteiger partial charge in [0.25, 0.3) is 0 Å². The van der Waals surface area contributed by atoms with Gasteiger partial charge in [0.15, 0.2) is 0 Å². The van der Waals surface area contributed by atoms with E-state index in [4.69, 9.17) is 0 Å². The van der Waals surface area contributed by atoms with Crippen molar-refractivity contribution in [2.45, 2.75) is 46.6 Å². The molecule has 0 bridgehead atoms. The lowest BCUT2D eigenvalue weighted by atomic mass is 9.94. The van der Waals surface area contributed by atoms with Crippen molar-refractivity contribution in [3.05, 3.63) is 35.9 Å². The minimum Gasteiger partial charge on any atom is -0.355 e. The van der Waals surface area contributed by atoms with E-state index in [-0.39, 0.29) is 11.3 Å². The molecule has 1 aromatic carbocycles. The molecule has 1 N–H and O–H groups in total. The average molecular weight is 360 g/mol. The van der Waals surface area contributed by atoms with Crippen LogP contribution in [0.2, 0.25) is 0 Å². The number of hydrogen-bond donors (Lipinski definition) is 1. The van der Waals surface area contributed by atoms with Gasteiger partial charge in [-0.1, -0.05) is 51.1 Å². The second-order valence-corrected chi connectivity index (χ2v) is 9.10. The second-order valence-electron chi connectivity index (χ2n) is 9.10. The average Bonchev–Trinajstić information content (AvgIpc) is 2.54. The minimum atomic E-state index is 0.147. The molecule has 146 valence electrons. The number of amides is 1. The van der Waals surface area contributed by atoms with Crippen molar-refractivity contribution in [1.29, 1.82) is 0 Å². The summed E-state index contributed by atoms with van der Waals surface area (Å²) in [5.74, 6) is 0.841. The number of rotatable bonds is 8. The molecule has 0 spiro atoms. The molecule has 4 nitrogen and oxygen atoms in total. The molecule has 1 saturated heterocycles. The van der Waals surface area contributed by atoms with Crippen LogP contribution in [-0.2, 0) is 11.3 Å². The van der Waals surface area contributed by atoms with E-state index in [1.807, 2.05) is 7.05 Å². The molecule has 1 heterocycles. The van der Waals surface area contributed by atoms with Gasteiger partial charge in [0.1, 0.15) is 0 Å². The summed E-state index contributed by atoms with van der Waals surface area (Å²) in [5.41, 5.74) is 1.61. The number of nitrogens with one attached hydrogen (secondary N) is 1. The molecule has 1 aliphatic heterocycles.